The van der Waals surface area contributed by atoms with Gasteiger partial charge in [-0.25, -0.2) is 0 Å². The van der Waals surface area contributed by atoms with Crippen LogP contribution in [0.4, 0.5) is 0 Å². The van der Waals surface area contributed by atoms with E-state index in [9.17, 15) is 0 Å². The first-order valence-electron chi connectivity index (χ1n) is 8.63. The minimum atomic E-state index is 0.338. The first-order chi connectivity index (χ1) is 9.51. The molecular formula is C17H34N2O. The van der Waals surface area contributed by atoms with Gasteiger partial charge < -0.3 is 15.0 Å². The Hall–Kier alpha value is -0.120. The standard InChI is InChI=1S/C17H34N2O/c1-6-17(5)15(12-16(17)20-7-2)18-14-8-10-19(11-9-14)13(3)4/h13-16,18H,6-12H2,1-5H3. The lowest BCUT2D eigenvalue weighted by atomic mass is 9.61. The van der Waals surface area contributed by atoms with E-state index in [1.165, 1.54) is 38.8 Å². The van der Waals surface area contributed by atoms with Gasteiger partial charge in [0.15, 0.2) is 0 Å². The maximum atomic E-state index is 5.90. The fourth-order valence-corrected chi connectivity index (χ4v) is 3.88. The first-order valence-corrected chi connectivity index (χ1v) is 8.63. The Balaban J connectivity index is 1.80. The van der Waals surface area contributed by atoms with E-state index < -0.39 is 0 Å². The minimum absolute atomic E-state index is 0.338. The molecule has 1 aliphatic carbocycles. The quantitative estimate of drug-likeness (QED) is 0.810. The Morgan fingerprint density at radius 1 is 1.25 bits per heavy atom. The number of likely N-dealkylation sites (tertiary alicyclic amines) is 1. The van der Waals surface area contributed by atoms with Gasteiger partial charge in [-0.3, -0.25) is 0 Å². The largest absolute Gasteiger partial charge is 0.378 e. The Labute approximate surface area is 125 Å². The van der Waals surface area contributed by atoms with E-state index in [4.69, 9.17) is 4.74 Å². The summed E-state index contributed by atoms with van der Waals surface area (Å²) in [5, 5.41) is 3.94. The van der Waals surface area contributed by atoms with Gasteiger partial charge in [0.2, 0.25) is 0 Å². The molecule has 0 spiro atoms. The van der Waals surface area contributed by atoms with E-state index in [0.717, 1.165) is 6.61 Å². The zero-order valence-corrected chi connectivity index (χ0v) is 14.1. The van der Waals surface area contributed by atoms with Crippen molar-refractivity contribution in [2.24, 2.45) is 5.41 Å². The van der Waals surface area contributed by atoms with Gasteiger partial charge in [0.25, 0.3) is 0 Å². The van der Waals surface area contributed by atoms with Crippen LogP contribution < -0.4 is 5.32 Å². The van der Waals surface area contributed by atoms with Crippen molar-refractivity contribution in [1.29, 1.82) is 0 Å². The van der Waals surface area contributed by atoms with Crippen LogP contribution in [0.1, 0.15) is 60.3 Å². The van der Waals surface area contributed by atoms with Crippen LogP contribution in [0.5, 0.6) is 0 Å². The zero-order chi connectivity index (χ0) is 14.8. The van der Waals surface area contributed by atoms with Crippen LogP contribution in [-0.4, -0.2) is 48.8 Å². The second-order valence-corrected chi connectivity index (χ2v) is 7.16. The molecule has 3 unspecified atom stereocenters. The molecule has 118 valence electrons. The number of hydrogen-bond acceptors (Lipinski definition) is 3. The third-order valence-electron chi connectivity index (χ3n) is 5.81. The van der Waals surface area contributed by atoms with Crippen molar-refractivity contribution in [3.05, 3.63) is 0 Å². The summed E-state index contributed by atoms with van der Waals surface area (Å²) >= 11 is 0. The van der Waals surface area contributed by atoms with E-state index in [1.54, 1.807) is 0 Å². The summed E-state index contributed by atoms with van der Waals surface area (Å²) in [5.74, 6) is 0. The number of nitrogens with one attached hydrogen (secondary N) is 1. The molecule has 3 atom stereocenters. The molecule has 2 fully saturated rings. The molecule has 0 radical (unpaired) electrons. The molecule has 1 saturated heterocycles. The predicted molar refractivity (Wildman–Crippen MR) is 85.1 cm³/mol. The molecule has 1 heterocycles. The molecule has 0 aromatic carbocycles. The van der Waals surface area contributed by atoms with Gasteiger partial charge in [0.05, 0.1) is 6.10 Å². The zero-order valence-electron chi connectivity index (χ0n) is 14.1. The fraction of sp³-hybridized carbons (Fsp3) is 1.00. The molecule has 3 nitrogen and oxygen atoms in total. The highest BCUT2D eigenvalue weighted by molar-refractivity contribution is 5.05. The molecule has 0 amide bonds. The summed E-state index contributed by atoms with van der Waals surface area (Å²) in [6, 6.07) is 2.06. The average molecular weight is 282 g/mol. The SMILES string of the molecule is CCOC1CC(NC2CCN(C(C)C)CC2)C1(C)CC. The lowest BCUT2D eigenvalue weighted by molar-refractivity contribution is -0.129. The average Bonchev–Trinajstić information content (AvgIpc) is 2.45. The number of piperidine rings is 1. The Morgan fingerprint density at radius 2 is 1.90 bits per heavy atom. The van der Waals surface area contributed by atoms with Gasteiger partial charge in [-0.05, 0) is 59.5 Å². The highest BCUT2D eigenvalue weighted by atomic mass is 16.5. The number of rotatable bonds is 6. The predicted octanol–water partition coefficient (Wildman–Crippen LogP) is 3.04. The normalized spacial score (nSPS) is 36.3. The van der Waals surface area contributed by atoms with Crippen molar-refractivity contribution in [3.8, 4) is 0 Å². The lowest BCUT2D eigenvalue weighted by Crippen LogP contribution is -2.64. The van der Waals surface area contributed by atoms with Crippen LogP contribution in [-0.2, 0) is 4.74 Å². The molecule has 3 heteroatoms. The summed E-state index contributed by atoms with van der Waals surface area (Å²) in [6.45, 7) is 14.8. The number of hydrogen-bond donors (Lipinski definition) is 1. The van der Waals surface area contributed by atoms with Gasteiger partial charge >= 0.3 is 0 Å². The maximum Gasteiger partial charge on any atom is 0.0658 e. The molecule has 0 aromatic rings. The van der Waals surface area contributed by atoms with Crippen LogP contribution in [0.3, 0.4) is 0 Å². The van der Waals surface area contributed by atoms with Crippen molar-refractivity contribution in [2.75, 3.05) is 19.7 Å². The summed E-state index contributed by atoms with van der Waals surface area (Å²) in [4.78, 5) is 2.60. The third kappa shape index (κ3) is 3.20. The molecule has 1 saturated carbocycles. The van der Waals surface area contributed by atoms with Crippen molar-refractivity contribution in [3.63, 3.8) is 0 Å². The van der Waals surface area contributed by atoms with Crippen molar-refractivity contribution < 1.29 is 4.74 Å². The monoisotopic (exact) mass is 282 g/mol. The van der Waals surface area contributed by atoms with Crippen LogP contribution >= 0.6 is 0 Å². The molecule has 0 aromatic heterocycles. The van der Waals surface area contributed by atoms with E-state index in [2.05, 4.69) is 44.8 Å². The van der Waals surface area contributed by atoms with Gasteiger partial charge in [-0.2, -0.15) is 0 Å². The third-order valence-corrected chi connectivity index (χ3v) is 5.81. The minimum Gasteiger partial charge on any atom is -0.378 e. The number of ether oxygens (including phenoxy) is 1. The van der Waals surface area contributed by atoms with Crippen LogP contribution in [0.25, 0.3) is 0 Å². The second-order valence-electron chi connectivity index (χ2n) is 7.16. The van der Waals surface area contributed by atoms with E-state index in [1.807, 2.05) is 0 Å². The van der Waals surface area contributed by atoms with Gasteiger partial charge in [-0.15, -0.1) is 0 Å². The van der Waals surface area contributed by atoms with Gasteiger partial charge in [0.1, 0.15) is 0 Å². The smallest absolute Gasteiger partial charge is 0.0658 e. The van der Waals surface area contributed by atoms with E-state index in [0.29, 0.717) is 29.6 Å². The summed E-state index contributed by atoms with van der Waals surface area (Å²) in [7, 11) is 0. The second kappa shape index (κ2) is 6.76. The topological polar surface area (TPSA) is 24.5 Å². The molecule has 1 N–H and O–H groups in total. The van der Waals surface area contributed by atoms with Crippen molar-refractivity contribution in [2.45, 2.75) is 84.5 Å². The molecule has 20 heavy (non-hydrogen) atoms. The summed E-state index contributed by atoms with van der Waals surface area (Å²) < 4.78 is 5.90. The fourth-order valence-electron chi connectivity index (χ4n) is 3.88. The Bertz CT molecular complexity index is 299. The molecular weight excluding hydrogens is 248 g/mol. The van der Waals surface area contributed by atoms with Gasteiger partial charge in [-0.1, -0.05) is 13.8 Å². The van der Waals surface area contributed by atoms with E-state index >= 15 is 0 Å². The Morgan fingerprint density at radius 3 is 2.40 bits per heavy atom. The molecule has 0 bridgehead atoms. The van der Waals surface area contributed by atoms with Gasteiger partial charge in [0, 0.05) is 30.1 Å². The molecule has 2 rings (SSSR count). The van der Waals surface area contributed by atoms with Crippen molar-refractivity contribution >= 4 is 0 Å². The highest BCUT2D eigenvalue weighted by Crippen LogP contribution is 2.46. The molecule has 2 aliphatic rings. The maximum absolute atomic E-state index is 5.90. The van der Waals surface area contributed by atoms with Crippen molar-refractivity contribution in [1.82, 2.24) is 10.2 Å². The summed E-state index contributed by atoms with van der Waals surface area (Å²) in [5.41, 5.74) is 0.338. The van der Waals surface area contributed by atoms with Crippen LogP contribution in [0.15, 0.2) is 0 Å². The summed E-state index contributed by atoms with van der Waals surface area (Å²) in [6.07, 6.45) is 5.47. The Kier molecular flexibility index (Phi) is 5.49. The first kappa shape index (κ1) is 16.3. The molecule has 1 aliphatic heterocycles. The highest BCUT2D eigenvalue weighted by Gasteiger charge is 2.51. The van der Waals surface area contributed by atoms with E-state index in [-0.39, 0.29) is 0 Å². The van der Waals surface area contributed by atoms with Crippen LogP contribution in [0.2, 0.25) is 0 Å². The number of nitrogens with zero attached hydrogens (tertiary/aromatic N) is 1. The lowest BCUT2D eigenvalue weighted by Gasteiger charge is -2.55. The van der Waals surface area contributed by atoms with Crippen LogP contribution in [0, 0.1) is 5.41 Å².